The molecule has 0 bridgehead atoms. The number of hydrogen-bond donors (Lipinski definition) is 0. The molecule has 0 radical (unpaired) electrons. The third kappa shape index (κ3) is 2.92. The van der Waals surface area contributed by atoms with Gasteiger partial charge in [0.15, 0.2) is 0 Å². The minimum Gasteiger partial charge on any atom is -0.367 e. The molecule has 0 N–H and O–H groups in total. The van der Waals surface area contributed by atoms with E-state index in [1.807, 2.05) is 14.0 Å². The molecule has 19 heavy (non-hydrogen) atoms. The normalized spacial score (nSPS) is 10.8. The SMILES string of the molecule is CCN(Cc1c(C)nn(C)c1Cl)c1cccc(C)c1. The molecular weight excluding hydrogens is 258 g/mol. The van der Waals surface area contributed by atoms with Crippen molar-refractivity contribution in [1.82, 2.24) is 9.78 Å². The summed E-state index contributed by atoms with van der Waals surface area (Å²) in [5.74, 6) is 0. The van der Waals surface area contributed by atoms with E-state index in [0.717, 1.165) is 29.5 Å². The van der Waals surface area contributed by atoms with E-state index >= 15 is 0 Å². The Hall–Kier alpha value is -1.48. The topological polar surface area (TPSA) is 21.1 Å². The minimum atomic E-state index is 0.726. The highest BCUT2D eigenvalue weighted by molar-refractivity contribution is 6.30. The number of aromatic nitrogens is 2. The van der Waals surface area contributed by atoms with Crippen molar-refractivity contribution < 1.29 is 0 Å². The van der Waals surface area contributed by atoms with Crippen molar-refractivity contribution in [3.63, 3.8) is 0 Å². The number of aryl methyl sites for hydroxylation is 3. The van der Waals surface area contributed by atoms with Crippen molar-refractivity contribution in [1.29, 1.82) is 0 Å². The van der Waals surface area contributed by atoms with Crippen LogP contribution >= 0.6 is 11.6 Å². The molecule has 0 saturated carbocycles. The second-order valence-corrected chi connectivity index (χ2v) is 5.19. The Balaban J connectivity index is 2.29. The molecule has 0 spiro atoms. The van der Waals surface area contributed by atoms with Crippen molar-refractivity contribution in [2.45, 2.75) is 27.3 Å². The van der Waals surface area contributed by atoms with Gasteiger partial charge in [-0.2, -0.15) is 5.10 Å². The van der Waals surface area contributed by atoms with E-state index in [2.05, 4.69) is 48.1 Å². The highest BCUT2D eigenvalue weighted by Crippen LogP contribution is 2.24. The van der Waals surface area contributed by atoms with Gasteiger partial charge in [-0.1, -0.05) is 23.7 Å². The molecule has 0 aliphatic heterocycles. The monoisotopic (exact) mass is 277 g/mol. The van der Waals surface area contributed by atoms with E-state index in [-0.39, 0.29) is 0 Å². The zero-order valence-corrected chi connectivity index (χ0v) is 12.7. The summed E-state index contributed by atoms with van der Waals surface area (Å²) in [5, 5.41) is 5.09. The van der Waals surface area contributed by atoms with Crippen molar-refractivity contribution in [2.24, 2.45) is 7.05 Å². The van der Waals surface area contributed by atoms with Gasteiger partial charge in [0.25, 0.3) is 0 Å². The van der Waals surface area contributed by atoms with Gasteiger partial charge in [-0.3, -0.25) is 4.68 Å². The van der Waals surface area contributed by atoms with Crippen LogP contribution in [0.1, 0.15) is 23.7 Å². The molecule has 0 atom stereocenters. The number of halogens is 1. The van der Waals surface area contributed by atoms with E-state index in [4.69, 9.17) is 11.6 Å². The van der Waals surface area contributed by atoms with Crippen LogP contribution in [0.5, 0.6) is 0 Å². The molecule has 0 aliphatic carbocycles. The van der Waals surface area contributed by atoms with Crippen LogP contribution in [0.25, 0.3) is 0 Å². The average molecular weight is 278 g/mol. The predicted molar refractivity (Wildman–Crippen MR) is 80.9 cm³/mol. The summed E-state index contributed by atoms with van der Waals surface area (Å²) in [6, 6.07) is 8.53. The van der Waals surface area contributed by atoms with Crippen molar-refractivity contribution >= 4 is 17.3 Å². The van der Waals surface area contributed by atoms with E-state index in [0.29, 0.717) is 0 Å². The fourth-order valence-electron chi connectivity index (χ4n) is 2.25. The van der Waals surface area contributed by atoms with Crippen molar-refractivity contribution in [2.75, 3.05) is 11.4 Å². The Labute approximate surface area is 119 Å². The highest BCUT2D eigenvalue weighted by Gasteiger charge is 2.14. The zero-order chi connectivity index (χ0) is 14.0. The van der Waals surface area contributed by atoms with Crippen LogP contribution in [0.2, 0.25) is 5.15 Å². The number of benzene rings is 1. The summed E-state index contributed by atoms with van der Waals surface area (Å²) in [7, 11) is 1.88. The maximum absolute atomic E-state index is 6.31. The minimum absolute atomic E-state index is 0.726. The molecule has 2 aromatic rings. The van der Waals surface area contributed by atoms with Gasteiger partial charge in [-0.15, -0.1) is 0 Å². The lowest BCUT2D eigenvalue weighted by molar-refractivity contribution is 0.757. The van der Waals surface area contributed by atoms with Crippen molar-refractivity contribution in [3.8, 4) is 0 Å². The smallest absolute Gasteiger partial charge is 0.131 e. The first kappa shape index (κ1) is 13.9. The Morgan fingerprint density at radius 1 is 1.32 bits per heavy atom. The largest absolute Gasteiger partial charge is 0.367 e. The van der Waals surface area contributed by atoms with Crippen LogP contribution < -0.4 is 4.90 Å². The fraction of sp³-hybridized carbons (Fsp3) is 0.400. The summed E-state index contributed by atoms with van der Waals surface area (Å²) in [6.07, 6.45) is 0. The average Bonchev–Trinajstić information content (AvgIpc) is 2.61. The Kier molecular flexibility index (Phi) is 4.15. The van der Waals surface area contributed by atoms with Crippen molar-refractivity contribution in [3.05, 3.63) is 46.2 Å². The maximum atomic E-state index is 6.31. The first-order chi connectivity index (χ1) is 9.02. The van der Waals surface area contributed by atoms with Crippen LogP contribution in [-0.4, -0.2) is 16.3 Å². The highest BCUT2D eigenvalue weighted by atomic mass is 35.5. The number of hydrogen-bond acceptors (Lipinski definition) is 2. The number of anilines is 1. The van der Waals surface area contributed by atoms with Crippen LogP contribution in [0.15, 0.2) is 24.3 Å². The molecule has 0 amide bonds. The molecule has 3 nitrogen and oxygen atoms in total. The van der Waals surface area contributed by atoms with Crippen LogP contribution in [0.4, 0.5) is 5.69 Å². The summed E-state index contributed by atoms with van der Waals surface area (Å²) in [5.41, 5.74) is 4.60. The maximum Gasteiger partial charge on any atom is 0.131 e. The number of rotatable bonds is 4. The molecule has 0 unspecified atom stereocenters. The standard InChI is InChI=1S/C15H20ClN3/c1-5-19(13-8-6-7-11(2)9-13)10-14-12(3)17-18(4)15(14)16/h6-9H,5,10H2,1-4H3. The summed E-state index contributed by atoms with van der Waals surface area (Å²) in [4.78, 5) is 2.31. The first-order valence-corrected chi connectivity index (χ1v) is 6.90. The summed E-state index contributed by atoms with van der Waals surface area (Å²) >= 11 is 6.31. The van der Waals surface area contributed by atoms with Gasteiger partial charge >= 0.3 is 0 Å². The Morgan fingerprint density at radius 2 is 2.05 bits per heavy atom. The fourth-order valence-corrected chi connectivity index (χ4v) is 2.49. The van der Waals surface area contributed by atoms with Gasteiger partial charge < -0.3 is 4.90 Å². The summed E-state index contributed by atoms with van der Waals surface area (Å²) in [6.45, 7) is 8.00. The van der Waals surface area contributed by atoms with Gasteiger partial charge in [-0.25, -0.2) is 0 Å². The first-order valence-electron chi connectivity index (χ1n) is 6.52. The molecule has 0 saturated heterocycles. The third-order valence-corrected chi connectivity index (χ3v) is 3.84. The zero-order valence-electron chi connectivity index (χ0n) is 11.9. The molecule has 102 valence electrons. The van der Waals surface area contributed by atoms with Gasteiger partial charge in [0.05, 0.1) is 5.69 Å². The molecular formula is C15H20ClN3. The predicted octanol–water partition coefficient (Wildman–Crippen LogP) is 3.72. The van der Waals surface area contributed by atoms with Crippen LogP contribution in [0, 0.1) is 13.8 Å². The molecule has 2 rings (SSSR count). The Bertz CT molecular complexity index is 575. The molecule has 0 aliphatic rings. The van der Waals surface area contributed by atoms with Crippen LogP contribution in [-0.2, 0) is 13.6 Å². The number of nitrogens with zero attached hydrogens (tertiary/aromatic N) is 3. The van der Waals surface area contributed by atoms with Gasteiger partial charge in [0.1, 0.15) is 5.15 Å². The quantitative estimate of drug-likeness (QED) is 0.849. The lowest BCUT2D eigenvalue weighted by Crippen LogP contribution is -2.22. The molecule has 0 fully saturated rings. The molecule has 4 heteroatoms. The molecule has 1 aromatic heterocycles. The third-order valence-electron chi connectivity index (χ3n) is 3.37. The second kappa shape index (κ2) is 5.66. The Morgan fingerprint density at radius 3 is 2.58 bits per heavy atom. The van der Waals surface area contributed by atoms with E-state index in [1.54, 1.807) is 4.68 Å². The van der Waals surface area contributed by atoms with Gasteiger partial charge in [0.2, 0.25) is 0 Å². The van der Waals surface area contributed by atoms with Crippen LogP contribution in [0.3, 0.4) is 0 Å². The summed E-state index contributed by atoms with van der Waals surface area (Å²) < 4.78 is 1.73. The molecule has 1 heterocycles. The molecule has 1 aromatic carbocycles. The lowest BCUT2D eigenvalue weighted by atomic mass is 10.2. The van der Waals surface area contributed by atoms with E-state index < -0.39 is 0 Å². The van der Waals surface area contributed by atoms with E-state index in [9.17, 15) is 0 Å². The van der Waals surface area contributed by atoms with Gasteiger partial charge in [-0.05, 0) is 38.5 Å². The van der Waals surface area contributed by atoms with Gasteiger partial charge in [0, 0.05) is 31.4 Å². The van der Waals surface area contributed by atoms with E-state index in [1.165, 1.54) is 11.3 Å². The lowest BCUT2D eigenvalue weighted by Gasteiger charge is -2.23. The second-order valence-electron chi connectivity index (χ2n) is 4.83.